The van der Waals surface area contributed by atoms with Crippen molar-refractivity contribution in [2.45, 2.75) is 69.1 Å². The van der Waals surface area contributed by atoms with Crippen LogP contribution in [0.3, 0.4) is 0 Å². The third-order valence-electron chi connectivity index (χ3n) is 5.70. The highest BCUT2D eigenvalue weighted by Crippen LogP contribution is 2.36. The van der Waals surface area contributed by atoms with E-state index in [2.05, 4.69) is 43.1 Å². The molecule has 4 rings (SSSR count). The summed E-state index contributed by atoms with van der Waals surface area (Å²) < 4.78 is 0. The van der Waals surface area contributed by atoms with Gasteiger partial charge in [-0.05, 0) is 66.3 Å². The minimum Gasteiger partial charge on any atom is -0.505 e. The average molecular weight is 474 g/mol. The van der Waals surface area contributed by atoms with Crippen molar-refractivity contribution in [3.05, 3.63) is 71.3 Å². The fraction of sp³-hybridized carbons (Fsp3) is 0.321. The molecule has 0 bridgehead atoms. The van der Waals surface area contributed by atoms with Gasteiger partial charge in [0.1, 0.15) is 28.3 Å². The number of carbonyl (C=O) groups excluding carboxylic acids is 1. The number of carbonyl (C=O) groups is 1. The Hall–Kier alpha value is -3.12. The molecule has 1 N–H and O–H groups in total. The molecule has 0 unspecified atom stereocenters. The Bertz CT molecular complexity index is 1330. The third kappa shape index (κ3) is 5.33. The van der Waals surface area contributed by atoms with Crippen LogP contribution in [-0.4, -0.2) is 25.9 Å². The fourth-order valence-electron chi connectivity index (χ4n) is 3.96. The molecule has 3 aromatic carbocycles. The van der Waals surface area contributed by atoms with Crippen molar-refractivity contribution in [3.8, 4) is 11.4 Å². The van der Waals surface area contributed by atoms with Crippen molar-refractivity contribution >= 4 is 28.6 Å². The Balaban J connectivity index is 1.58. The predicted molar refractivity (Wildman–Crippen MR) is 138 cm³/mol. The van der Waals surface area contributed by atoms with Gasteiger partial charge < -0.3 is 5.11 Å². The number of nitrogens with zero attached hydrogens (tertiary/aromatic N) is 3. The highest BCUT2D eigenvalue weighted by molar-refractivity contribution is 7.99. The summed E-state index contributed by atoms with van der Waals surface area (Å²) in [6.45, 7) is 10.3. The maximum atomic E-state index is 11.9. The summed E-state index contributed by atoms with van der Waals surface area (Å²) in [5.41, 5.74) is 4.91. The van der Waals surface area contributed by atoms with Crippen LogP contribution in [0, 0.1) is 6.92 Å². The smallest absolute Gasteiger partial charge is 0.146 e. The van der Waals surface area contributed by atoms with E-state index < -0.39 is 0 Å². The van der Waals surface area contributed by atoms with Crippen LogP contribution in [0.25, 0.3) is 16.7 Å². The second-order valence-electron chi connectivity index (χ2n) is 9.78. The summed E-state index contributed by atoms with van der Waals surface area (Å²) in [6, 6.07) is 18.1. The molecule has 1 heterocycles. The molecule has 0 fully saturated rings. The van der Waals surface area contributed by atoms with Crippen molar-refractivity contribution < 1.29 is 9.90 Å². The minimum absolute atomic E-state index is 0.194. The Morgan fingerprint density at radius 2 is 1.65 bits per heavy atom. The molecule has 5 nitrogen and oxygen atoms in total. The lowest BCUT2D eigenvalue weighted by molar-refractivity contribution is -0.118. The molecule has 0 amide bonds. The third-order valence-corrected chi connectivity index (χ3v) is 6.70. The maximum absolute atomic E-state index is 11.9. The van der Waals surface area contributed by atoms with Gasteiger partial charge in [-0.25, -0.2) is 0 Å². The van der Waals surface area contributed by atoms with E-state index in [9.17, 15) is 9.90 Å². The lowest BCUT2D eigenvalue weighted by Crippen LogP contribution is -2.13. The van der Waals surface area contributed by atoms with Gasteiger partial charge in [0.15, 0.2) is 0 Å². The Morgan fingerprint density at radius 1 is 0.971 bits per heavy atom. The summed E-state index contributed by atoms with van der Waals surface area (Å²) >= 11 is 1.65. The molecule has 6 heteroatoms. The first-order valence-corrected chi connectivity index (χ1v) is 12.5. The summed E-state index contributed by atoms with van der Waals surface area (Å²) in [4.78, 5) is 15.6. The van der Waals surface area contributed by atoms with E-state index in [0.717, 1.165) is 43.9 Å². The number of phenolic OH excluding ortho intramolecular Hbond substituents is 1. The largest absolute Gasteiger partial charge is 0.505 e. The van der Waals surface area contributed by atoms with Gasteiger partial charge in [0.25, 0.3) is 0 Å². The molecule has 176 valence electrons. The number of aromatic hydroxyl groups is 1. The number of fused-ring (bicyclic) bond motifs is 1. The fourth-order valence-corrected chi connectivity index (χ4v) is 4.81. The summed E-state index contributed by atoms with van der Waals surface area (Å²) in [5, 5.41) is 20.2. The molecule has 4 aromatic rings. The van der Waals surface area contributed by atoms with Crippen LogP contribution >= 0.6 is 11.8 Å². The van der Waals surface area contributed by atoms with Gasteiger partial charge >= 0.3 is 0 Å². The number of hydrogen-bond acceptors (Lipinski definition) is 5. The van der Waals surface area contributed by atoms with Crippen molar-refractivity contribution in [1.82, 2.24) is 15.0 Å². The highest BCUT2D eigenvalue weighted by atomic mass is 32.2. The normalized spacial score (nSPS) is 11.8. The van der Waals surface area contributed by atoms with E-state index in [1.807, 2.05) is 56.3 Å². The topological polar surface area (TPSA) is 68.0 Å². The lowest BCUT2D eigenvalue weighted by atomic mass is 9.85. The Labute approximate surface area is 205 Å². The monoisotopic (exact) mass is 473 g/mol. The first-order valence-electron chi connectivity index (χ1n) is 11.6. The van der Waals surface area contributed by atoms with Gasteiger partial charge in [0, 0.05) is 28.2 Å². The minimum atomic E-state index is -0.194. The highest BCUT2D eigenvalue weighted by Gasteiger charge is 2.22. The van der Waals surface area contributed by atoms with Crippen LogP contribution in [0.2, 0.25) is 0 Å². The van der Waals surface area contributed by atoms with Gasteiger partial charge in [-0.15, -0.1) is 15.0 Å². The van der Waals surface area contributed by atoms with Gasteiger partial charge in [-0.1, -0.05) is 57.7 Å². The molecule has 0 aliphatic rings. The molecular formula is C28H31N3O2S. The Morgan fingerprint density at radius 3 is 2.32 bits per heavy atom. The van der Waals surface area contributed by atoms with Gasteiger partial charge in [0.05, 0.1) is 0 Å². The molecule has 0 aliphatic heterocycles. The van der Waals surface area contributed by atoms with Crippen LogP contribution in [-0.2, 0) is 16.6 Å². The Kier molecular flexibility index (Phi) is 6.80. The van der Waals surface area contributed by atoms with Crippen molar-refractivity contribution in [2.24, 2.45) is 0 Å². The van der Waals surface area contributed by atoms with E-state index in [4.69, 9.17) is 0 Å². The number of Topliss-reactive ketones (excluding diaryl/α,β-unsaturated/α-hetero) is 1. The van der Waals surface area contributed by atoms with E-state index >= 15 is 0 Å². The van der Waals surface area contributed by atoms with Crippen molar-refractivity contribution in [3.63, 3.8) is 0 Å². The lowest BCUT2D eigenvalue weighted by Gasteiger charge is -2.22. The van der Waals surface area contributed by atoms with E-state index in [1.165, 1.54) is 4.80 Å². The molecule has 1 aromatic heterocycles. The van der Waals surface area contributed by atoms with E-state index in [0.29, 0.717) is 18.5 Å². The molecule has 0 saturated carbocycles. The maximum Gasteiger partial charge on any atom is 0.146 e. The van der Waals surface area contributed by atoms with Gasteiger partial charge in [0.2, 0.25) is 0 Å². The quantitative estimate of drug-likeness (QED) is 0.320. The number of benzene rings is 3. The van der Waals surface area contributed by atoms with Crippen LogP contribution in [0.4, 0.5) is 0 Å². The van der Waals surface area contributed by atoms with E-state index in [-0.39, 0.29) is 16.9 Å². The SMILES string of the molecule is CCCC(=O)Cc1ccc(Sc2ccc3nn(-c4cc(C)cc(C(C)(C)C)c4O)nc3c2)cc1. The number of phenols is 1. The predicted octanol–water partition coefficient (Wildman–Crippen LogP) is 6.79. The second-order valence-corrected chi connectivity index (χ2v) is 10.9. The van der Waals surface area contributed by atoms with Gasteiger partial charge in [-0.3, -0.25) is 4.79 Å². The summed E-state index contributed by atoms with van der Waals surface area (Å²) in [5.74, 6) is 0.497. The zero-order chi connectivity index (χ0) is 24.5. The molecule has 0 spiro atoms. The molecular weight excluding hydrogens is 442 g/mol. The first-order chi connectivity index (χ1) is 16.1. The van der Waals surface area contributed by atoms with Crippen LogP contribution in [0.5, 0.6) is 5.75 Å². The number of aryl methyl sites for hydroxylation is 1. The average Bonchev–Trinajstić information content (AvgIpc) is 3.19. The molecule has 0 atom stereocenters. The zero-order valence-electron chi connectivity index (χ0n) is 20.4. The van der Waals surface area contributed by atoms with Crippen LogP contribution < -0.4 is 0 Å². The van der Waals surface area contributed by atoms with E-state index in [1.54, 1.807) is 11.8 Å². The summed E-state index contributed by atoms with van der Waals surface area (Å²) in [6.07, 6.45) is 2.02. The summed E-state index contributed by atoms with van der Waals surface area (Å²) in [7, 11) is 0. The van der Waals surface area contributed by atoms with Crippen molar-refractivity contribution in [1.29, 1.82) is 0 Å². The number of rotatable bonds is 7. The molecule has 0 radical (unpaired) electrons. The molecule has 0 aliphatic carbocycles. The number of hydrogen-bond donors (Lipinski definition) is 1. The second kappa shape index (κ2) is 9.63. The van der Waals surface area contributed by atoms with Gasteiger partial charge in [-0.2, -0.15) is 0 Å². The van der Waals surface area contributed by atoms with Crippen molar-refractivity contribution in [2.75, 3.05) is 0 Å². The standard InChI is InChI=1S/C28H31N3O2S/c1-6-7-20(32)16-19-8-10-21(11-9-19)34-22-12-13-24-25(17-22)30-31(29-24)26-15-18(2)14-23(27(26)33)28(3,4)5/h8-15,17,33H,6-7,16H2,1-5H3. The first kappa shape index (κ1) is 24.0. The number of aromatic nitrogens is 3. The van der Waals surface area contributed by atoms with Crippen LogP contribution in [0.15, 0.2) is 64.4 Å². The zero-order valence-corrected chi connectivity index (χ0v) is 21.2. The molecule has 0 saturated heterocycles. The molecule has 34 heavy (non-hydrogen) atoms. The van der Waals surface area contributed by atoms with Crippen LogP contribution in [0.1, 0.15) is 57.2 Å². The number of ketones is 1.